The lowest BCUT2D eigenvalue weighted by atomic mass is 9.84. The lowest BCUT2D eigenvalue weighted by Crippen LogP contribution is -2.44. The summed E-state index contributed by atoms with van der Waals surface area (Å²) < 4.78 is 0. The van der Waals surface area contributed by atoms with Crippen LogP contribution in [0.3, 0.4) is 0 Å². The minimum Gasteiger partial charge on any atom is -0.342 e. The van der Waals surface area contributed by atoms with Crippen LogP contribution in [-0.4, -0.2) is 37.0 Å². The Kier molecular flexibility index (Phi) is 4.58. The van der Waals surface area contributed by atoms with Crippen molar-refractivity contribution >= 4 is 5.91 Å². The van der Waals surface area contributed by atoms with Crippen molar-refractivity contribution in [3.05, 3.63) is 0 Å². The minimum absolute atomic E-state index is 0.309. The molecule has 3 heteroatoms. The van der Waals surface area contributed by atoms with E-state index in [4.69, 9.17) is 0 Å². The zero-order valence-electron chi connectivity index (χ0n) is 10.3. The van der Waals surface area contributed by atoms with Crippen molar-refractivity contribution in [1.82, 2.24) is 10.2 Å². The first kappa shape index (κ1) is 12.5. The van der Waals surface area contributed by atoms with Gasteiger partial charge in [0.2, 0.25) is 5.91 Å². The molecular formula is C12H24N2O. The second-order valence-corrected chi connectivity index (χ2v) is 5.19. The Balaban J connectivity index is 2.32. The van der Waals surface area contributed by atoms with Crippen molar-refractivity contribution in [1.29, 1.82) is 0 Å². The molecule has 0 spiro atoms. The molecule has 1 fully saturated rings. The highest BCUT2D eigenvalue weighted by Gasteiger charge is 2.28. The molecule has 0 aromatic rings. The van der Waals surface area contributed by atoms with Gasteiger partial charge in [-0.2, -0.15) is 0 Å². The molecule has 0 aromatic carbocycles. The van der Waals surface area contributed by atoms with E-state index in [9.17, 15) is 4.79 Å². The summed E-state index contributed by atoms with van der Waals surface area (Å²) in [6, 6.07) is 0. The fraction of sp³-hybridized carbons (Fsp3) is 0.917. The lowest BCUT2D eigenvalue weighted by Gasteiger charge is -2.38. The molecule has 1 rings (SSSR count). The number of rotatable bonds is 4. The number of nitrogens with one attached hydrogen (secondary N) is 1. The highest BCUT2D eigenvalue weighted by atomic mass is 16.2. The number of likely N-dealkylation sites (tertiary alicyclic amines) is 1. The fourth-order valence-corrected chi connectivity index (χ4v) is 2.17. The summed E-state index contributed by atoms with van der Waals surface area (Å²) in [7, 11) is 0. The second-order valence-electron chi connectivity index (χ2n) is 5.19. The average Bonchev–Trinajstić information content (AvgIpc) is 2.16. The van der Waals surface area contributed by atoms with Gasteiger partial charge in [-0.15, -0.1) is 0 Å². The Morgan fingerprint density at radius 3 is 2.80 bits per heavy atom. The van der Waals surface area contributed by atoms with E-state index in [0.29, 0.717) is 17.7 Å². The van der Waals surface area contributed by atoms with Gasteiger partial charge in [0.25, 0.3) is 0 Å². The highest BCUT2D eigenvalue weighted by Crippen LogP contribution is 2.28. The van der Waals surface area contributed by atoms with Crippen LogP contribution >= 0.6 is 0 Å². The molecule has 3 nitrogen and oxygen atoms in total. The van der Waals surface area contributed by atoms with Gasteiger partial charge < -0.3 is 10.2 Å². The molecule has 15 heavy (non-hydrogen) atoms. The molecule has 0 aliphatic carbocycles. The predicted molar refractivity (Wildman–Crippen MR) is 62.8 cm³/mol. The first-order valence-corrected chi connectivity index (χ1v) is 6.04. The highest BCUT2D eigenvalue weighted by molar-refractivity contribution is 5.76. The molecule has 1 amide bonds. The summed E-state index contributed by atoms with van der Waals surface area (Å²) in [5.41, 5.74) is 0.312. The first-order chi connectivity index (χ1) is 7.05. The van der Waals surface area contributed by atoms with Gasteiger partial charge in [0, 0.05) is 26.1 Å². The molecule has 0 unspecified atom stereocenters. The van der Waals surface area contributed by atoms with Crippen molar-refractivity contribution in [3.8, 4) is 0 Å². The van der Waals surface area contributed by atoms with Gasteiger partial charge >= 0.3 is 0 Å². The third-order valence-corrected chi connectivity index (χ3v) is 3.02. The molecule has 88 valence electrons. The summed E-state index contributed by atoms with van der Waals surface area (Å²) in [4.78, 5) is 13.9. The number of amides is 1. The topological polar surface area (TPSA) is 32.3 Å². The number of nitrogens with zero attached hydrogens (tertiary/aromatic N) is 1. The van der Waals surface area contributed by atoms with Crippen LogP contribution in [0.4, 0.5) is 0 Å². The zero-order chi connectivity index (χ0) is 11.3. The molecular weight excluding hydrogens is 188 g/mol. The first-order valence-electron chi connectivity index (χ1n) is 6.04. The molecule has 1 saturated heterocycles. The van der Waals surface area contributed by atoms with E-state index in [-0.39, 0.29) is 0 Å². The summed E-state index contributed by atoms with van der Waals surface area (Å²) in [5.74, 6) is 0.309. The van der Waals surface area contributed by atoms with E-state index >= 15 is 0 Å². The molecule has 1 aliphatic rings. The van der Waals surface area contributed by atoms with Crippen molar-refractivity contribution in [2.45, 2.75) is 40.0 Å². The zero-order valence-corrected chi connectivity index (χ0v) is 10.3. The second kappa shape index (κ2) is 5.50. The number of carbonyl (C=O) groups excluding carboxylic acids is 1. The van der Waals surface area contributed by atoms with E-state index in [2.05, 4.69) is 26.1 Å². The molecule has 0 saturated carbocycles. The molecule has 0 atom stereocenters. The maximum absolute atomic E-state index is 11.8. The number of hydrogen-bond donors (Lipinski definition) is 1. The van der Waals surface area contributed by atoms with Gasteiger partial charge in [0.15, 0.2) is 0 Å². The molecule has 0 radical (unpaired) electrons. The third-order valence-electron chi connectivity index (χ3n) is 3.02. The van der Waals surface area contributed by atoms with Crippen LogP contribution < -0.4 is 5.32 Å². The maximum atomic E-state index is 11.8. The van der Waals surface area contributed by atoms with E-state index < -0.39 is 0 Å². The monoisotopic (exact) mass is 212 g/mol. The van der Waals surface area contributed by atoms with E-state index in [1.54, 1.807) is 0 Å². The van der Waals surface area contributed by atoms with Gasteiger partial charge in [-0.1, -0.05) is 20.8 Å². The summed E-state index contributed by atoms with van der Waals surface area (Å²) >= 11 is 0. The Bertz CT molecular complexity index is 214. The molecule has 0 aromatic heterocycles. The van der Waals surface area contributed by atoms with Gasteiger partial charge in [0.1, 0.15) is 0 Å². The van der Waals surface area contributed by atoms with Gasteiger partial charge in [-0.3, -0.25) is 4.79 Å². The summed E-state index contributed by atoms with van der Waals surface area (Å²) in [5, 5.41) is 3.19. The van der Waals surface area contributed by atoms with Crippen LogP contribution in [0, 0.1) is 5.41 Å². The average molecular weight is 212 g/mol. The SMILES string of the molecule is CCNCCC(=O)N1CCCC(C)(C)C1. The van der Waals surface area contributed by atoms with E-state index in [0.717, 1.165) is 32.6 Å². The Hall–Kier alpha value is -0.570. The molecule has 0 bridgehead atoms. The standard InChI is InChI=1S/C12H24N2O/c1-4-13-8-6-11(15)14-9-5-7-12(2,3)10-14/h13H,4-10H2,1-3H3. The van der Waals surface area contributed by atoms with Gasteiger partial charge in [0.05, 0.1) is 0 Å². The minimum atomic E-state index is 0.309. The summed E-state index contributed by atoms with van der Waals surface area (Å²) in [6.07, 6.45) is 3.04. The van der Waals surface area contributed by atoms with Crippen molar-refractivity contribution < 1.29 is 4.79 Å². The third kappa shape index (κ3) is 4.20. The lowest BCUT2D eigenvalue weighted by molar-refractivity contribution is -0.134. The largest absolute Gasteiger partial charge is 0.342 e. The Labute approximate surface area is 93.2 Å². The van der Waals surface area contributed by atoms with Crippen molar-refractivity contribution in [2.75, 3.05) is 26.2 Å². The van der Waals surface area contributed by atoms with Crippen molar-refractivity contribution in [2.24, 2.45) is 5.41 Å². The fourth-order valence-electron chi connectivity index (χ4n) is 2.17. The molecule has 1 N–H and O–H groups in total. The quantitative estimate of drug-likeness (QED) is 0.718. The van der Waals surface area contributed by atoms with Gasteiger partial charge in [-0.25, -0.2) is 0 Å². The van der Waals surface area contributed by atoms with E-state index in [1.165, 1.54) is 6.42 Å². The normalized spacial score (nSPS) is 20.3. The number of piperidine rings is 1. The van der Waals surface area contributed by atoms with E-state index in [1.807, 2.05) is 4.90 Å². The number of carbonyl (C=O) groups is 1. The van der Waals surface area contributed by atoms with Crippen molar-refractivity contribution in [3.63, 3.8) is 0 Å². The molecule has 1 aliphatic heterocycles. The van der Waals surface area contributed by atoms with Crippen LogP contribution in [0.1, 0.15) is 40.0 Å². The maximum Gasteiger partial charge on any atom is 0.223 e. The van der Waals surface area contributed by atoms with Crippen LogP contribution in [0.25, 0.3) is 0 Å². The molecule has 1 heterocycles. The van der Waals surface area contributed by atoms with Crippen LogP contribution in [0.15, 0.2) is 0 Å². The van der Waals surface area contributed by atoms with Crippen LogP contribution in [0.5, 0.6) is 0 Å². The van der Waals surface area contributed by atoms with Gasteiger partial charge in [-0.05, 0) is 24.8 Å². The predicted octanol–water partition coefficient (Wildman–Crippen LogP) is 1.63. The number of hydrogen-bond acceptors (Lipinski definition) is 2. The van der Waals surface area contributed by atoms with Crippen LogP contribution in [0.2, 0.25) is 0 Å². The van der Waals surface area contributed by atoms with Crippen LogP contribution in [-0.2, 0) is 4.79 Å². The Morgan fingerprint density at radius 2 is 2.20 bits per heavy atom. The Morgan fingerprint density at radius 1 is 1.47 bits per heavy atom. The smallest absolute Gasteiger partial charge is 0.223 e. The summed E-state index contributed by atoms with van der Waals surface area (Å²) in [6.45, 7) is 10.2.